The summed E-state index contributed by atoms with van der Waals surface area (Å²) in [6.45, 7) is 2.61. The van der Waals surface area contributed by atoms with Crippen molar-refractivity contribution in [3.05, 3.63) is 65.9 Å². The minimum Gasteiger partial charge on any atom is -0.468 e. The Bertz CT molecular complexity index is 1150. The number of likely N-dealkylation sites (tertiary alicyclic amines) is 1. The molecule has 1 fully saturated rings. The minimum atomic E-state index is -0.406. The zero-order valence-electron chi connectivity index (χ0n) is 16.7. The van der Waals surface area contributed by atoms with Crippen molar-refractivity contribution in [2.45, 2.75) is 19.4 Å². The van der Waals surface area contributed by atoms with Crippen LogP contribution in [0.4, 0.5) is 8.78 Å². The third-order valence-electron chi connectivity index (χ3n) is 4.99. The van der Waals surface area contributed by atoms with Gasteiger partial charge in [-0.2, -0.15) is 5.26 Å². The van der Waals surface area contributed by atoms with Gasteiger partial charge in [-0.3, -0.25) is 4.79 Å². The van der Waals surface area contributed by atoms with Crippen molar-refractivity contribution in [3.63, 3.8) is 0 Å². The van der Waals surface area contributed by atoms with Crippen LogP contribution in [0.25, 0.3) is 22.5 Å². The maximum atomic E-state index is 13.4. The van der Waals surface area contributed by atoms with Crippen molar-refractivity contribution in [2.24, 2.45) is 0 Å². The third kappa shape index (κ3) is 4.21. The summed E-state index contributed by atoms with van der Waals surface area (Å²) in [5.41, 5.74) is 1.83. The number of nitriles is 1. The Kier molecular flexibility index (Phi) is 5.58. The van der Waals surface area contributed by atoms with Gasteiger partial charge in [0.25, 0.3) is 5.88 Å². The molecule has 1 aromatic heterocycles. The highest BCUT2D eigenvalue weighted by atomic mass is 19.1. The maximum absolute atomic E-state index is 13.4. The molecule has 3 aromatic rings. The average molecular weight is 420 g/mol. The number of benzene rings is 2. The summed E-state index contributed by atoms with van der Waals surface area (Å²) in [6, 6.07) is 13.3. The van der Waals surface area contributed by atoms with Gasteiger partial charge in [-0.15, -0.1) is 0 Å². The summed E-state index contributed by atoms with van der Waals surface area (Å²) in [5.74, 6) is -0.733. The Morgan fingerprint density at radius 3 is 2.03 bits per heavy atom. The van der Waals surface area contributed by atoms with Crippen LogP contribution in [0.5, 0.6) is 5.88 Å². The molecule has 2 aromatic carbocycles. The Balaban J connectivity index is 1.74. The topological polar surface area (TPSA) is 79.1 Å². The SMILES string of the molecule is CCC(=O)N1CC(Oc2nc(-c3ccc(F)cc3)c(-c3ccc(F)cc3)nc2C#N)C1. The fraction of sp³-hybridized carbons (Fsp3) is 0.217. The normalized spacial score (nSPS) is 13.4. The van der Waals surface area contributed by atoms with Gasteiger partial charge >= 0.3 is 0 Å². The molecule has 1 aliphatic rings. The summed E-state index contributed by atoms with van der Waals surface area (Å²) in [4.78, 5) is 22.4. The lowest BCUT2D eigenvalue weighted by Crippen LogP contribution is -2.56. The van der Waals surface area contributed by atoms with E-state index in [2.05, 4.69) is 9.97 Å². The molecular formula is C23H18F2N4O2. The smallest absolute Gasteiger partial charge is 0.252 e. The van der Waals surface area contributed by atoms with Crippen LogP contribution >= 0.6 is 0 Å². The van der Waals surface area contributed by atoms with E-state index in [0.717, 1.165) is 0 Å². The maximum Gasteiger partial charge on any atom is 0.252 e. The highest BCUT2D eigenvalue weighted by Crippen LogP contribution is 2.33. The van der Waals surface area contributed by atoms with Gasteiger partial charge in [0, 0.05) is 17.5 Å². The molecule has 2 heterocycles. The van der Waals surface area contributed by atoms with E-state index in [1.165, 1.54) is 36.4 Å². The molecule has 6 nitrogen and oxygen atoms in total. The molecular weight excluding hydrogens is 402 g/mol. The van der Waals surface area contributed by atoms with E-state index < -0.39 is 11.6 Å². The molecule has 8 heteroatoms. The number of halogens is 2. The van der Waals surface area contributed by atoms with Crippen LogP contribution in [0.3, 0.4) is 0 Å². The lowest BCUT2D eigenvalue weighted by Gasteiger charge is -2.38. The molecule has 1 saturated heterocycles. The third-order valence-corrected chi connectivity index (χ3v) is 4.99. The Morgan fingerprint density at radius 2 is 1.55 bits per heavy atom. The highest BCUT2D eigenvalue weighted by molar-refractivity contribution is 5.79. The Morgan fingerprint density at radius 1 is 1.03 bits per heavy atom. The van der Waals surface area contributed by atoms with E-state index in [0.29, 0.717) is 42.0 Å². The van der Waals surface area contributed by atoms with E-state index in [4.69, 9.17) is 4.74 Å². The first-order chi connectivity index (χ1) is 15.0. The number of carbonyl (C=O) groups excluding carboxylic acids is 1. The van der Waals surface area contributed by atoms with Crippen molar-refractivity contribution in [3.8, 4) is 34.5 Å². The molecule has 1 aliphatic heterocycles. The zero-order chi connectivity index (χ0) is 22.0. The lowest BCUT2D eigenvalue weighted by molar-refractivity contribution is -0.139. The molecule has 4 rings (SSSR count). The standard InChI is InChI=1S/C23H18F2N4O2/c1-2-20(30)29-12-18(13-29)31-23-19(11-26)27-21(14-3-7-16(24)8-4-14)22(28-23)15-5-9-17(25)10-6-15/h3-10,18H,2,12-13H2,1H3. The van der Waals surface area contributed by atoms with E-state index in [-0.39, 0.29) is 23.6 Å². The van der Waals surface area contributed by atoms with E-state index >= 15 is 0 Å². The molecule has 0 unspecified atom stereocenters. The summed E-state index contributed by atoms with van der Waals surface area (Å²) in [7, 11) is 0. The predicted molar refractivity (Wildman–Crippen MR) is 109 cm³/mol. The van der Waals surface area contributed by atoms with Crippen LogP contribution < -0.4 is 4.74 Å². The Labute approximate surface area is 177 Å². The summed E-state index contributed by atoms with van der Waals surface area (Å²) in [6.07, 6.45) is 0.117. The molecule has 0 saturated carbocycles. The van der Waals surface area contributed by atoms with Gasteiger partial charge in [0.15, 0.2) is 0 Å². The number of hydrogen-bond acceptors (Lipinski definition) is 5. The van der Waals surface area contributed by atoms with Crippen LogP contribution in [0.1, 0.15) is 19.0 Å². The summed E-state index contributed by atoms with van der Waals surface area (Å²) >= 11 is 0. The van der Waals surface area contributed by atoms with Crippen molar-refractivity contribution in [1.29, 1.82) is 5.26 Å². The minimum absolute atomic E-state index is 0.0227. The van der Waals surface area contributed by atoms with Crippen molar-refractivity contribution in [2.75, 3.05) is 13.1 Å². The van der Waals surface area contributed by atoms with Gasteiger partial charge in [0.1, 0.15) is 29.5 Å². The molecule has 0 bridgehead atoms. The number of nitrogens with zero attached hydrogens (tertiary/aromatic N) is 4. The second-order valence-electron chi connectivity index (χ2n) is 7.09. The van der Waals surface area contributed by atoms with Crippen LogP contribution in [0.2, 0.25) is 0 Å². The van der Waals surface area contributed by atoms with Crippen LogP contribution in [0.15, 0.2) is 48.5 Å². The number of hydrogen-bond donors (Lipinski definition) is 0. The summed E-state index contributed by atoms with van der Waals surface area (Å²) < 4.78 is 32.7. The monoisotopic (exact) mass is 420 g/mol. The molecule has 156 valence electrons. The van der Waals surface area contributed by atoms with Gasteiger partial charge in [-0.1, -0.05) is 6.92 Å². The van der Waals surface area contributed by atoms with Gasteiger partial charge < -0.3 is 9.64 Å². The summed E-state index contributed by atoms with van der Waals surface area (Å²) in [5, 5.41) is 9.61. The lowest BCUT2D eigenvalue weighted by atomic mass is 10.0. The first-order valence-electron chi connectivity index (χ1n) is 9.77. The predicted octanol–water partition coefficient (Wildman–Crippen LogP) is 3.96. The fourth-order valence-corrected chi connectivity index (χ4v) is 3.29. The van der Waals surface area contributed by atoms with Crippen LogP contribution in [-0.4, -0.2) is 40.0 Å². The van der Waals surface area contributed by atoms with Gasteiger partial charge in [-0.05, 0) is 48.5 Å². The zero-order valence-corrected chi connectivity index (χ0v) is 16.7. The largest absolute Gasteiger partial charge is 0.468 e. The number of carbonyl (C=O) groups is 1. The number of rotatable bonds is 5. The van der Waals surface area contributed by atoms with E-state index in [1.807, 2.05) is 6.07 Å². The molecule has 0 radical (unpaired) electrons. The quantitative estimate of drug-likeness (QED) is 0.624. The highest BCUT2D eigenvalue weighted by Gasteiger charge is 2.32. The molecule has 0 atom stereocenters. The van der Waals surface area contributed by atoms with Crippen molar-refractivity contribution < 1.29 is 18.3 Å². The second-order valence-corrected chi connectivity index (χ2v) is 7.09. The van der Waals surface area contributed by atoms with Crippen molar-refractivity contribution in [1.82, 2.24) is 14.9 Å². The van der Waals surface area contributed by atoms with Crippen molar-refractivity contribution >= 4 is 5.91 Å². The van der Waals surface area contributed by atoms with Crippen LogP contribution in [0, 0.1) is 23.0 Å². The molecule has 0 aliphatic carbocycles. The fourth-order valence-electron chi connectivity index (χ4n) is 3.29. The number of amides is 1. The molecule has 0 spiro atoms. The number of aromatic nitrogens is 2. The van der Waals surface area contributed by atoms with Gasteiger partial charge in [-0.25, -0.2) is 18.7 Å². The number of ether oxygens (including phenoxy) is 1. The van der Waals surface area contributed by atoms with Gasteiger partial charge in [0.2, 0.25) is 11.6 Å². The molecule has 1 amide bonds. The second kappa shape index (κ2) is 8.48. The first kappa shape index (κ1) is 20.4. The first-order valence-corrected chi connectivity index (χ1v) is 9.77. The molecule has 31 heavy (non-hydrogen) atoms. The van der Waals surface area contributed by atoms with Gasteiger partial charge in [0.05, 0.1) is 18.8 Å². The average Bonchev–Trinajstić information content (AvgIpc) is 2.76. The van der Waals surface area contributed by atoms with E-state index in [1.54, 1.807) is 24.0 Å². The molecule has 0 N–H and O–H groups in total. The van der Waals surface area contributed by atoms with E-state index in [9.17, 15) is 18.8 Å². The van der Waals surface area contributed by atoms with Crippen LogP contribution in [-0.2, 0) is 4.79 Å². The Hall–Kier alpha value is -3.86.